The SMILES string of the molecule is CNC(=O)OC(C)(C)C.COCCOc1ccc(N(C)c2ccc3c(c2)CCCC3)cc1. The summed E-state index contributed by atoms with van der Waals surface area (Å²) in [5.74, 6) is 0.879. The largest absolute Gasteiger partial charge is 0.491 e. The number of anilines is 2. The van der Waals surface area contributed by atoms with Crippen LogP contribution in [0.15, 0.2) is 42.5 Å². The third-order valence-corrected chi connectivity index (χ3v) is 5.10. The molecule has 2 aromatic rings. The number of fused-ring (bicyclic) bond motifs is 1. The van der Waals surface area contributed by atoms with Gasteiger partial charge in [0.05, 0.1) is 6.61 Å². The van der Waals surface area contributed by atoms with Crippen LogP contribution in [0.25, 0.3) is 0 Å². The molecule has 0 heterocycles. The first-order valence-electron chi connectivity index (χ1n) is 11.2. The van der Waals surface area contributed by atoms with Crippen molar-refractivity contribution in [1.82, 2.24) is 5.32 Å². The average molecular weight is 443 g/mol. The summed E-state index contributed by atoms with van der Waals surface area (Å²) >= 11 is 0. The standard InChI is InChI=1S/C20H25NO2.C6H13NO2/c1-21(18-9-11-20(12-10-18)23-14-13-22-2)19-8-7-16-5-3-4-6-17(16)15-19;1-6(2,3)9-5(8)7-4/h7-12,15H,3-6,13-14H2,1-2H3;1-4H3,(H,7,8). The van der Waals surface area contributed by atoms with Gasteiger partial charge in [0.25, 0.3) is 0 Å². The first-order chi connectivity index (χ1) is 15.2. The van der Waals surface area contributed by atoms with Gasteiger partial charge in [0.15, 0.2) is 0 Å². The Bertz CT molecular complexity index is 844. The van der Waals surface area contributed by atoms with Gasteiger partial charge in [-0.25, -0.2) is 4.79 Å². The molecule has 0 saturated heterocycles. The summed E-state index contributed by atoms with van der Waals surface area (Å²) in [6, 6.07) is 15.1. The van der Waals surface area contributed by atoms with E-state index in [4.69, 9.17) is 14.2 Å². The van der Waals surface area contributed by atoms with Crippen molar-refractivity contribution in [2.75, 3.05) is 39.3 Å². The number of carbonyl (C=O) groups is 1. The lowest BCUT2D eigenvalue weighted by Gasteiger charge is -2.23. The van der Waals surface area contributed by atoms with E-state index in [-0.39, 0.29) is 11.7 Å². The smallest absolute Gasteiger partial charge is 0.407 e. The number of hydrogen-bond acceptors (Lipinski definition) is 5. The van der Waals surface area contributed by atoms with Gasteiger partial charge in [0.2, 0.25) is 0 Å². The van der Waals surface area contributed by atoms with Crippen LogP contribution in [-0.4, -0.2) is 46.1 Å². The molecule has 0 bridgehead atoms. The van der Waals surface area contributed by atoms with E-state index in [0.29, 0.717) is 13.2 Å². The van der Waals surface area contributed by atoms with E-state index in [1.807, 2.05) is 32.9 Å². The zero-order chi connectivity index (χ0) is 23.6. The molecule has 0 radical (unpaired) electrons. The highest BCUT2D eigenvalue weighted by Gasteiger charge is 2.14. The van der Waals surface area contributed by atoms with Gasteiger partial charge in [-0.2, -0.15) is 0 Å². The summed E-state index contributed by atoms with van der Waals surface area (Å²) in [6.07, 6.45) is 4.69. The summed E-state index contributed by atoms with van der Waals surface area (Å²) in [7, 11) is 5.33. The molecule has 0 fully saturated rings. The van der Waals surface area contributed by atoms with Gasteiger partial charge >= 0.3 is 6.09 Å². The van der Waals surface area contributed by atoms with E-state index in [9.17, 15) is 4.79 Å². The highest BCUT2D eigenvalue weighted by Crippen LogP contribution is 2.30. The maximum Gasteiger partial charge on any atom is 0.407 e. The Hall–Kier alpha value is -2.73. The van der Waals surface area contributed by atoms with Crippen molar-refractivity contribution in [3.8, 4) is 5.75 Å². The van der Waals surface area contributed by atoms with E-state index in [1.54, 1.807) is 7.11 Å². The number of ether oxygens (including phenoxy) is 3. The molecule has 0 aliphatic heterocycles. The second kappa shape index (κ2) is 12.3. The van der Waals surface area contributed by atoms with Crippen LogP contribution in [0.2, 0.25) is 0 Å². The van der Waals surface area contributed by atoms with Crippen molar-refractivity contribution in [2.45, 2.75) is 52.1 Å². The second-order valence-corrected chi connectivity index (χ2v) is 8.81. The molecule has 0 atom stereocenters. The predicted octanol–water partition coefficient (Wildman–Crippen LogP) is 5.50. The van der Waals surface area contributed by atoms with Crippen molar-refractivity contribution in [1.29, 1.82) is 0 Å². The Morgan fingerprint density at radius 3 is 2.16 bits per heavy atom. The van der Waals surface area contributed by atoms with Gasteiger partial charge in [0, 0.05) is 32.6 Å². The van der Waals surface area contributed by atoms with E-state index in [0.717, 1.165) is 5.75 Å². The number of hydrogen-bond donors (Lipinski definition) is 1. The Labute approximate surface area is 192 Å². The number of nitrogens with one attached hydrogen (secondary N) is 1. The number of nitrogens with zero attached hydrogens (tertiary/aromatic N) is 1. The van der Waals surface area contributed by atoms with Gasteiger partial charge in [-0.1, -0.05) is 6.07 Å². The number of aryl methyl sites for hydroxylation is 2. The molecule has 1 aliphatic rings. The molecule has 1 N–H and O–H groups in total. The van der Waals surface area contributed by atoms with Crippen molar-refractivity contribution in [3.63, 3.8) is 0 Å². The summed E-state index contributed by atoms with van der Waals surface area (Å²) in [5, 5.41) is 2.36. The second-order valence-electron chi connectivity index (χ2n) is 8.81. The molecule has 6 nitrogen and oxygen atoms in total. The molecule has 32 heavy (non-hydrogen) atoms. The van der Waals surface area contributed by atoms with Crippen LogP contribution in [0.3, 0.4) is 0 Å². The fourth-order valence-corrected chi connectivity index (χ4v) is 3.42. The fourth-order valence-electron chi connectivity index (χ4n) is 3.42. The molecule has 1 amide bonds. The molecule has 3 rings (SSSR count). The zero-order valence-electron chi connectivity index (χ0n) is 20.4. The van der Waals surface area contributed by atoms with Crippen molar-refractivity contribution in [3.05, 3.63) is 53.6 Å². The van der Waals surface area contributed by atoms with Gasteiger partial charge in [-0.15, -0.1) is 0 Å². The maximum atomic E-state index is 10.5. The molecule has 2 aromatic carbocycles. The van der Waals surface area contributed by atoms with E-state index < -0.39 is 0 Å². The van der Waals surface area contributed by atoms with E-state index in [2.05, 4.69) is 47.6 Å². The van der Waals surface area contributed by atoms with Crippen LogP contribution in [0.5, 0.6) is 5.75 Å². The molecular formula is C26H38N2O4. The minimum absolute atomic E-state index is 0.387. The average Bonchev–Trinajstić information content (AvgIpc) is 2.78. The highest BCUT2D eigenvalue weighted by molar-refractivity contribution is 5.67. The number of benzene rings is 2. The topological polar surface area (TPSA) is 60.0 Å². The summed E-state index contributed by atoms with van der Waals surface area (Å²) in [4.78, 5) is 12.7. The lowest BCUT2D eigenvalue weighted by atomic mass is 9.91. The van der Waals surface area contributed by atoms with Gasteiger partial charge in [0.1, 0.15) is 18.0 Å². The van der Waals surface area contributed by atoms with Crippen LogP contribution < -0.4 is 15.0 Å². The quantitative estimate of drug-likeness (QED) is 0.599. The molecule has 6 heteroatoms. The molecule has 0 unspecified atom stereocenters. The predicted molar refractivity (Wildman–Crippen MR) is 130 cm³/mol. The Morgan fingerprint density at radius 2 is 1.59 bits per heavy atom. The van der Waals surface area contributed by atoms with Gasteiger partial charge < -0.3 is 24.4 Å². The first-order valence-corrected chi connectivity index (χ1v) is 11.2. The van der Waals surface area contributed by atoms with Crippen LogP contribution >= 0.6 is 0 Å². The third kappa shape index (κ3) is 8.42. The highest BCUT2D eigenvalue weighted by atomic mass is 16.6. The number of alkyl carbamates (subject to hydrolysis) is 1. The van der Waals surface area contributed by atoms with E-state index >= 15 is 0 Å². The molecule has 1 aliphatic carbocycles. The Morgan fingerprint density at radius 1 is 0.969 bits per heavy atom. The van der Waals surface area contributed by atoms with Crippen molar-refractivity contribution >= 4 is 17.5 Å². The van der Waals surface area contributed by atoms with Crippen LogP contribution in [0.4, 0.5) is 16.2 Å². The Balaban J connectivity index is 0.000000344. The Kier molecular flexibility index (Phi) is 9.85. The molecular weight excluding hydrogens is 404 g/mol. The van der Waals surface area contributed by atoms with Crippen molar-refractivity contribution < 1.29 is 19.0 Å². The number of carbonyl (C=O) groups excluding carboxylic acids is 1. The molecule has 0 spiro atoms. The fraction of sp³-hybridized carbons (Fsp3) is 0.500. The third-order valence-electron chi connectivity index (χ3n) is 5.10. The number of amides is 1. The normalized spacial score (nSPS) is 12.7. The van der Waals surface area contributed by atoms with Crippen molar-refractivity contribution in [2.24, 2.45) is 0 Å². The summed E-state index contributed by atoms with van der Waals surface area (Å²) in [5.41, 5.74) is 5.06. The first kappa shape index (κ1) is 25.5. The molecule has 176 valence electrons. The van der Waals surface area contributed by atoms with Crippen LogP contribution in [-0.2, 0) is 22.3 Å². The van der Waals surface area contributed by atoms with Gasteiger partial charge in [-0.3, -0.25) is 0 Å². The van der Waals surface area contributed by atoms with Crippen LogP contribution in [0.1, 0.15) is 44.7 Å². The monoisotopic (exact) mass is 442 g/mol. The molecule has 0 aromatic heterocycles. The molecule has 0 saturated carbocycles. The zero-order valence-corrected chi connectivity index (χ0v) is 20.4. The summed E-state index contributed by atoms with van der Waals surface area (Å²) < 4.78 is 15.5. The minimum atomic E-state index is -0.389. The lowest BCUT2D eigenvalue weighted by molar-refractivity contribution is 0.0541. The lowest BCUT2D eigenvalue weighted by Crippen LogP contribution is -2.30. The minimum Gasteiger partial charge on any atom is -0.491 e. The maximum absolute atomic E-state index is 10.5. The summed E-state index contributed by atoms with van der Waals surface area (Å²) in [6.45, 7) is 6.65. The number of rotatable bonds is 6. The number of methoxy groups -OCH3 is 1. The van der Waals surface area contributed by atoms with Crippen LogP contribution in [0, 0.1) is 0 Å². The van der Waals surface area contributed by atoms with E-state index in [1.165, 1.54) is 55.2 Å². The van der Waals surface area contributed by atoms with Gasteiger partial charge in [-0.05, 0) is 94.0 Å².